The van der Waals surface area contributed by atoms with Crippen molar-refractivity contribution in [3.8, 4) is 0 Å². The Balaban J connectivity index is 1.56. The molecule has 0 aliphatic rings. The maximum Gasteiger partial charge on any atom is 0.214 e. The van der Waals surface area contributed by atoms with Crippen LogP contribution in [0.25, 0.3) is 0 Å². The Morgan fingerprint density at radius 3 is 2.41 bits per heavy atom. The molecule has 0 saturated heterocycles. The lowest BCUT2D eigenvalue weighted by molar-refractivity contribution is -0.136. The van der Waals surface area contributed by atoms with Crippen LogP contribution >= 0.6 is 0 Å². The fourth-order valence-electron chi connectivity index (χ4n) is 2.83. The van der Waals surface area contributed by atoms with Crippen molar-refractivity contribution in [1.82, 2.24) is 10.6 Å². The molecule has 0 bridgehead atoms. The van der Waals surface area contributed by atoms with Gasteiger partial charge in [0.25, 0.3) is 0 Å². The molecule has 0 aliphatic carbocycles. The van der Waals surface area contributed by atoms with Crippen LogP contribution in [0.5, 0.6) is 0 Å². The zero-order chi connectivity index (χ0) is 19.3. The summed E-state index contributed by atoms with van der Waals surface area (Å²) in [5.74, 6) is 0.491. The molecule has 0 saturated carbocycles. The van der Waals surface area contributed by atoms with E-state index >= 15 is 0 Å². The van der Waals surface area contributed by atoms with E-state index in [9.17, 15) is 9.90 Å². The van der Waals surface area contributed by atoms with E-state index in [0.29, 0.717) is 25.5 Å². The quantitative estimate of drug-likeness (QED) is 0.374. The second-order valence-corrected chi connectivity index (χ2v) is 6.54. The number of hydrogen-bond acceptors (Lipinski definition) is 5. The van der Waals surface area contributed by atoms with E-state index in [1.54, 1.807) is 0 Å². The number of hydrogen-bond donors (Lipinski definition) is 3. The summed E-state index contributed by atoms with van der Waals surface area (Å²) in [7, 11) is 0. The number of aliphatic hydroxyl groups excluding tert-OH is 1. The molecule has 0 heterocycles. The molecule has 0 aliphatic heterocycles. The Morgan fingerprint density at radius 2 is 1.74 bits per heavy atom. The molecule has 0 spiro atoms. The average Bonchev–Trinajstić information content (AvgIpc) is 2.72. The highest BCUT2D eigenvalue weighted by Gasteiger charge is 2.10. The predicted molar refractivity (Wildman–Crippen MR) is 107 cm³/mol. The predicted octanol–water partition coefficient (Wildman–Crippen LogP) is 2.81. The smallest absolute Gasteiger partial charge is 0.214 e. The first-order valence-corrected chi connectivity index (χ1v) is 9.53. The molecule has 2 aromatic carbocycles. The van der Waals surface area contributed by atoms with Crippen molar-refractivity contribution in [3.05, 3.63) is 71.8 Å². The van der Waals surface area contributed by atoms with Gasteiger partial charge in [-0.1, -0.05) is 67.6 Å². The molecule has 5 nitrogen and oxygen atoms in total. The second-order valence-electron chi connectivity index (χ2n) is 6.54. The van der Waals surface area contributed by atoms with Gasteiger partial charge in [0.05, 0.1) is 13.2 Å². The molecule has 3 N–H and O–H groups in total. The van der Waals surface area contributed by atoms with Crippen LogP contribution in [0.3, 0.4) is 0 Å². The van der Waals surface area contributed by atoms with Crippen molar-refractivity contribution in [2.24, 2.45) is 0 Å². The average molecular weight is 370 g/mol. The van der Waals surface area contributed by atoms with Gasteiger partial charge >= 0.3 is 0 Å². The van der Waals surface area contributed by atoms with E-state index in [4.69, 9.17) is 4.74 Å². The molecule has 0 radical (unpaired) electrons. The van der Waals surface area contributed by atoms with Crippen LogP contribution in [-0.2, 0) is 16.1 Å². The summed E-state index contributed by atoms with van der Waals surface area (Å²) in [5.41, 5.74) is 2.29. The second kappa shape index (κ2) is 12.4. The number of benzene rings is 2. The molecule has 2 aromatic rings. The van der Waals surface area contributed by atoms with Gasteiger partial charge in [0.2, 0.25) is 6.41 Å². The van der Waals surface area contributed by atoms with Gasteiger partial charge in [-0.05, 0) is 23.5 Å². The van der Waals surface area contributed by atoms with Crippen molar-refractivity contribution in [1.29, 1.82) is 0 Å². The van der Waals surface area contributed by atoms with Crippen LogP contribution in [0.4, 0.5) is 0 Å². The zero-order valence-corrected chi connectivity index (χ0v) is 15.9. The monoisotopic (exact) mass is 370 g/mol. The fourth-order valence-corrected chi connectivity index (χ4v) is 2.83. The highest BCUT2D eigenvalue weighted by Crippen LogP contribution is 2.17. The first-order chi connectivity index (χ1) is 13.2. The van der Waals surface area contributed by atoms with Crippen LogP contribution < -0.4 is 10.6 Å². The molecule has 27 heavy (non-hydrogen) atoms. The van der Waals surface area contributed by atoms with E-state index < -0.39 is 6.41 Å². The van der Waals surface area contributed by atoms with Gasteiger partial charge in [-0.25, -0.2) is 0 Å². The van der Waals surface area contributed by atoms with E-state index in [0.717, 1.165) is 18.5 Å². The lowest BCUT2D eigenvalue weighted by Crippen LogP contribution is -2.36. The Labute approximate surface area is 161 Å². The third-order valence-electron chi connectivity index (χ3n) is 4.46. The van der Waals surface area contributed by atoms with Crippen molar-refractivity contribution < 1.29 is 14.6 Å². The van der Waals surface area contributed by atoms with Crippen LogP contribution in [-0.4, -0.2) is 36.9 Å². The summed E-state index contributed by atoms with van der Waals surface area (Å²) in [6, 6.07) is 20.0. The summed E-state index contributed by atoms with van der Waals surface area (Å²) in [6.45, 7) is 4.04. The minimum atomic E-state index is -1.15. The molecular weight excluding hydrogens is 340 g/mol. The maximum atomic E-state index is 11.9. The van der Waals surface area contributed by atoms with E-state index in [-0.39, 0.29) is 12.3 Å². The van der Waals surface area contributed by atoms with Crippen molar-refractivity contribution in [2.45, 2.75) is 38.7 Å². The lowest BCUT2D eigenvalue weighted by atomic mass is 9.96. The standard InChI is InChI=1S/C22H30N2O3/c1-2-19(20-11-7-4-8-12-20)15-23-14-13-21(25)16-24-22(26)27-17-18-9-5-3-6-10-18/h3-12,19,22-24,26H,2,13-17H2,1H3/t19-,22?/m1/s1. The van der Waals surface area contributed by atoms with Gasteiger partial charge in [-0.3, -0.25) is 10.1 Å². The Kier molecular flexibility index (Phi) is 9.73. The van der Waals surface area contributed by atoms with E-state index in [1.807, 2.05) is 36.4 Å². The normalized spacial score (nSPS) is 13.3. The highest BCUT2D eigenvalue weighted by atomic mass is 16.6. The molecule has 1 unspecified atom stereocenters. The van der Waals surface area contributed by atoms with E-state index in [2.05, 4.69) is 41.8 Å². The summed E-state index contributed by atoms with van der Waals surface area (Å²) >= 11 is 0. The molecule has 0 aromatic heterocycles. The highest BCUT2D eigenvalue weighted by molar-refractivity contribution is 5.80. The van der Waals surface area contributed by atoms with E-state index in [1.165, 1.54) is 5.56 Å². The molecule has 2 atom stereocenters. The van der Waals surface area contributed by atoms with Gasteiger partial charge in [-0.15, -0.1) is 0 Å². The minimum Gasteiger partial charge on any atom is -0.356 e. The van der Waals surface area contributed by atoms with Crippen LogP contribution in [0.2, 0.25) is 0 Å². The first-order valence-electron chi connectivity index (χ1n) is 9.53. The number of Topliss-reactive ketones (excluding diaryl/α,β-unsaturated/α-hetero) is 1. The summed E-state index contributed by atoms with van der Waals surface area (Å²) in [4.78, 5) is 11.9. The molecular formula is C22H30N2O3. The number of carbonyl (C=O) groups excluding carboxylic acids is 1. The molecule has 0 fully saturated rings. The van der Waals surface area contributed by atoms with Gasteiger partial charge < -0.3 is 15.2 Å². The number of ketones is 1. The Hall–Kier alpha value is -2.05. The molecule has 2 rings (SSSR count). The van der Waals surface area contributed by atoms with Gasteiger partial charge in [0.1, 0.15) is 5.78 Å². The number of ether oxygens (including phenoxy) is 1. The zero-order valence-electron chi connectivity index (χ0n) is 15.9. The minimum absolute atomic E-state index is 0.0395. The Morgan fingerprint density at radius 1 is 1.07 bits per heavy atom. The number of rotatable bonds is 13. The van der Waals surface area contributed by atoms with Crippen molar-refractivity contribution in [2.75, 3.05) is 19.6 Å². The molecule has 0 amide bonds. The third-order valence-corrected chi connectivity index (χ3v) is 4.46. The largest absolute Gasteiger partial charge is 0.356 e. The molecule has 146 valence electrons. The summed E-state index contributed by atoms with van der Waals surface area (Å²) < 4.78 is 5.28. The Bertz CT molecular complexity index is 649. The van der Waals surface area contributed by atoms with Crippen LogP contribution in [0.15, 0.2) is 60.7 Å². The van der Waals surface area contributed by atoms with Crippen LogP contribution in [0.1, 0.15) is 36.8 Å². The lowest BCUT2D eigenvalue weighted by Gasteiger charge is -2.16. The topological polar surface area (TPSA) is 70.6 Å². The number of nitrogens with one attached hydrogen (secondary N) is 2. The SMILES string of the molecule is CC[C@H](CNCCC(=O)CNC(O)OCc1ccccc1)c1ccccc1. The third kappa shape index (κ3) is 8.45. The summed E-state index contributed by atoms with van der Waals surface area (Å²) in [6.07, 6.45) is 0.325. The van der Waals surface area contributed by atoms with Crippen molar-refractivity contribution >= 4 is 5.78 Å². The summed E-state index contributed by atoms with van der Waals surface area (Å²) in [5, 5.41) is 15.8. The first kappa shape index (κ1) is 21.3. The maximum absolute atomic E-state index is 11.9. The van der Waals surface area contributed by atoms with Crippen LogP contribution in [0, 0.1) is 0 Å². The number of aliphatic hydroxyl groups is 1. The van der Waals surface area contributed by atoms with Gasteiger partial charge in [0.15, 0.2) is 0 Å². The van der Waals surface area contributed by atoms with Gasteiger partial charge in [0, 0.05) is 19.5 Å². The van der Waals surface area contributed by atoms with Crippen molar-refractivity contribution in [3.63, 3.8) is 0 Å². The number of carbonyl (C=O) groups is 1. The molecule has 5 heteroatoms. The fraction of sp³-hybridized carbons (Fsp3) is 0.409. The van der Waals surface area contributed by atoms with Gasteiger partial charge in [-0.2, -0.15) is 0 Å².